The van der Waals surface area contributed by atoms with E-state index >= 15 is 0 Å². The molecule has 1 aromatic carbocycles. The highest BCUT2D eigenvalue weighted by Gasteiger charge is 2.20. The van der Waals surface area contributed by atoms with E-state index in [2.05, 4.69) is 60.7 Å². The molecule has 0 aliphatic carbocycles. The molecule has 0 radical (unpaired) electrons. The Labute approximate surface area is 181 Å². The maximum absolute atomic E-state index is 5.73. The van der Waals surface area contributed by atoms with E-state index in [0.29, 0.717) is 5.92 Å². The lowest BCUT2D eigenvalue weighted by Crippen LogP contribution is -2.43. The quantitative estimate of drug-likeness (QED) is 0.241. The first-order valence-corrected chi connectivity index (χ1v) is 9.68. The van der Waals surface area contributed by atoms with Crippen molar-refractivity contribution in [1.29, 1.82) is 0 Å². The number of nitrogens with one attached hydrogen (secondary N) is 2. The summed E-state index contributed by atoms with van der Waals surface area (Å²) in [6.07, 6.45) is 2.10. The number of nitrogens with zero attached hydrogens (tertiary/aromatic N) is 1. The molecule has 1 saturated heterocycles. The van der Waals surface area contributed by atoms with Gasteiger partial charge in [0.05, 0.1) is 13.2 Å². The van der Waals surface area contributed by atoms with Gasteiger partial charge in [0.25, 0.3) is 0 Å². The molecule has 5 nitrogen and oxygen atoms in total. The van der Waals surface area contributed by atoms with E-state index in [1.54, 1.807) is 0 Å². The SMILES string of the molecule is CN=C(NCCCOCC1CCOC1)NCC(C)(C)c1ccc(C)cc1.I. The molecule has 1 aromatic rings. The highest BCUT2D eigenvalue weighted by molar-refractivity contribution is 14.0. The molecule has 1 heterocycles. The van der Waals surface area contributed by atoms with E-state index in [0.717, 1.165) is 58.3 Å². The zero-order valence-corrected chi connectivity index (χ0v) is 19.5. The van der Waals surface area contributed by atoms with Gasteiger partial charge in [-0.05, 0) is 25.3 Å². The van der Waals surface area contributed by atoms with Crippen LogP contribution in [0.3, 0.4) is 0 Å². The molecule has 1 aliphatic rings. The Balaban J connectivity index is 0.00000364. The number of halogens is 1. The third kappa shape index (κ3) is 8.79. The van der Waals surface area contributed by atoms with Crippen LogP contribution in [0, 0.1) is 12.8 Å². The number of guanidine groups is 1. The van der Waals surface area contributed by atoms with Crippen molar-refractivity contribution < 1.29 is 9.47 Å². The Kier molecular flexibility index (Phi) is 11.3. The highest BCUT2D eigenvalue weighted by Crippen LogP contribution is 2.22. The summed E-state index contributed by atoms with van der Waals surface area (Å²) in [4.78, 5) is 4.32. The average molecular weight is 489 g/mol. The molecule has 1 unspecified atom stereocenters. The third-order valence-corrected chi connectivity index (χ3v) is 4.89. The maximum Gasteiger partial charge on any atom is 0.191 e. The molecule has 0 amide bonds. The van der Waals surface area contributed by atoms with Crippen LogP contribution in [0.25, 0.3) is 0 Å². The van der Waals surface area contributed by atoms with Gasteiger partial charge in [-0.25, -0.2) is 0 Å². The van der Waals surface area contributed by atoms with Crippen molar-refractivity contribution in [2.24, 2.45) is 10.9 Å². The molecule has 2 N–H and O–H groups in total. The Morgan fingerprint density at radius 2 is 2.00 bits per heavy atom. The van der Waals surface area contributed by atoms with Gasteiger partial charge in [0, 0.05) is 44.7 Å². The van der Waals surface area contributed by atoms with Gasteiger partial charge in [-0.2, -0.15) is 0 Å². The fourth-order valence-corrected chi connectivity index (χ4v) is 2.98. The minimum atomic E-state index is 0. The summed E-state index contributed by atoms with van der Waals surface area (Å²) in [5.41, 5.74) is 2.66. The van der Waals surface area contributed by atoms with Crippen LogP contribution in [0.15, 0.2) is 29.3 Å². The lowest BCUT2D eigenvalue weighted by atomic mass is 9.84. The summed E-state index contributed by atoms with van der Waals surface area (Å²) >= 11 is 0. The molecule has 6 heteroatoms. The Morgan fingerprint density at radius 1 is 1.26 bits per heavy atom. The van der Waals surface area contributed by atoms with E-state index in [1.807, 2.05) is 7.05 Å². The first-order chi connectivity index (χ1) is 12.5. The van der Waals surface area contributed by atoms with E-state index in [1.165, 1.54) is 11.1 Å². The second-order valence-corrected chi connectivity index (χ2v) is 7.76. The zero-order chi connectivity index (χ0) is 18.8. The van der Waals surface area contributed by atoms with Crippen molar-refractivity contribution in [3.8, 4) is 0 Å². The third-order valence-electron chi connectivity index (χ3n) is 4.89. The summed E-state index contributed by atoms with van der Waals surface area (Å²) in [6, 6.07) is 8.75. The van der Waals surface area contributed by atoms with Gasteiger partial charge in [-0.15, -0.1) is 24.0 Å². The van der Waals surface area contributed by atoms with Crippen molar-refractivity contribution in [2.45, 2.75) is 39.0 Å². The maximum atomic E-state index is 5.73. The molecule has 1 fully saturated rings. The van der Waals surface area contributed by atoms with Gasteiger partial charge < -0.3 is 20.1 Å². The minimum Gasteiger partial charge on any atom is -0.381 e. The van der Waals surface area contributed by atoms with Crippen LogP contribution in [-0.4, -0.2) is 52.5 Å². The van der Waals surface area contributed by atoms with Crippen molar-refractivity contribution in [3.05, 3.63) is 35.4 Å². The van der Waals surface area contributed by atoms with Gasteiger partial charge in [0.2, 0.25) is 0 Å². The van der Waals surface area contributed by atoms with Gasteiger partial charge in [-0.3, -0.25) is 4.99 Å². The summed E-state index contributed by atoms with van der Waals surface area (Å²) in [5, 5.41) is 6.81. The second kappa shape index (κ2) is 12.6. The molecular weight excluding hydrogens is 453 g/mol. The fraction of sp³-hybridized carbons (Fsp3) is 0.667. The van der Waals surface area contributed by atoms with Gasteiger partial charge >= 0.3 is 0 Å². The molecule has 0 bridgehead atoms. The van der Waals surface area contributed by atoms with Crippen molar-refractivity contribution in [1.82, 2.24) is 10.6 Å². The zero-order valence-electron chi connectivity index (χ0n) is 17.2. The van der Waals surface area contributed by atoms with Crippen molar-refractivity contribution in [2.75, 3.05) is 46.6 Å². The predicted octanol–water partition coefficient (Wildman–Crippen LogP) is 3.50. The van der Waals surface area contributed by atoms with Crippen molar-refractivity contribution >= 4 is 29.9 Å². The molecule has 27 heavy (non-hydrogen) atoms. The van der Waals surface area contributed by atoms with Crippen molar-refractivity contribution in [3.63, 3.8) is 0 Å². The van der Waals surface area contributed by atoms with Gasteiger partial charge in [-0.1, -0.05) is 43.7 Å². The van der Waals surface area contributed by atoms with E-state index in [-0.39, 0.29) is 29.4 Å². The van der Waals surface area contributed by atoms with E-state index in [4.69, 9.17) is 9.47 Å². The number of hydrogen-bond acceptors (Lipinski definition) is 3. The molecular formula is C21H36IN3O2. The minimum absolute atomic E-state index is 0. The fourth-order valence-electron chi connectivity index (χ4n) is 2.98. The number of rotatable bonds is 9. The van der Waals surface area contributed by atoms with Crippen LogP contribution >= 0.6 is 24.0 Å². The standard InChI is InChI=1S/C21H35N3O2.HI/c1-17-6-8-19(9-7-17)21(2,3)16-24-20(22-4)23-11-5-12-25-14-18-10-13-26-15-18;/h6-9,18H,5,10-16H2,1-4H3,(H2,22,23,24);1H. The summed E-state index contributed by atoms with van der Waals surface area (Å²) < 4.78 is 11.1. The monoisotopic (exact) mass is 489 g/mol. The van der Waals surface area contributed by atoms with Crippen LogP contribution in [0.5, 0.6) is 0 Å². The number of aliphatic imine (C=N–C) groups is 1. The van der Waals surface area contributed by atoms with Crippen LogP contribution < -0.4 is 10.6 Å². The number of hydrogen-bond donors (Lipinski definition) is 2. The number of aryl methyl sites for hydroxylation is 1. The molecule has 0 aromatic heterocycles. The molecule has 154 valence electrons. The lowest BCUT2D eigenvalue weighted by Gasteiger charge is -2.27. The Morgan fingerprint density at radius 3 is 2.63 bits per heavy atom. The number of ether oxygens (including phenoxy) is 2. The normalized spacial score (nSPS) is 17.5. The lowest BCUT2D eigenvalue weighted by molar-refractivity contribution is 0.0888. The first kappa shape index (κ1) is 24.2. The Bertz CT molecular complexity index is 555. The Hall–Kier alpha value is -0.860. The topological polar surface area (TPSA) is 54.9 Å². The summed E-state index contributed by atoms with van der Waals surface area (Å²) in [6.45, 7) is 11.6. The smallest absolute Gasteiger partial charge is 0.191 e. The van der Waals surface area contributed by atoms with E-state index in [9.17, 15) is 0 Å². The molecule has 0 spiro atoms. The summed E-state index contributed by atoms with van der Waals surface area (Å²) in [7, 11) is 1.81. The van der Waals surface area contributed by atoms with Gasteiger partial charge in [0.1, 0.15) is 0 Å². The average Bonchev–Trinajstić information content (AvgIpc) is 3.14. The predicted molar refractivity (Wildman–Crippen MR) is 123 cm³/mol. The van der Waals surface area contributed by atoms with E-state index < -0.39 is 0 Å². The first-order valence-electron chi connectivity index (χ1n) is 9.68. The molecule has 1 aliphatic heterocycles. The van der Waals surface area contributed by atoms with Crippen LogP contribution in [0.2, 0.25) is 0 Å². The van der Waals surface area contributed by atoms with Crippen LogP contribution in [0.4, 0.5) is 0 Å². The molecule has 1 atom stereocenters. The van der Waals surface area contributed by atoms with Crippen LogP contribution in [-0.2, 0) is 14.9 Å². The summed E-state index contributed by atoms with van der Waals surface area (Å²) in [5.74, 6) is 1.43. The molecule has 0 saturated carbocycles. The second-order valence-electron chi connectivity index (χ2n) is 7.76. The largest absolute Gasteiger partial charge is 0.381 e. The highest BCUT2D eigenvalue weighted by atomic mass is 127. The van der Waals surface area contributed by atoms with Crippen LogP contribution in [0.1, 0.15) is 37.8 Å². The number of benzene rings is 1. The van der Waals surface area contributed by atoms with Gasteiger partial charge in [0.15, 0.2) is 5.96 Å². The molecule has 2 rings (SSSR count).